The summed E-state index contributed by atoms with van der Waals surface area (Å²) in [4.78, 5) is 20.9. The van der Waals surface area contributed by atoms with Gasteiger partial charge in [0.25, 0.3) is 6.43 Å². The van der Waals surface area contributed by atoms with Crippen molar-refractivity contribution in [3.05, 3.63) is 23.5 Å². The highest BCUT2D eigenvalue weighted by Crippen LogP contribution is 2.38. The van der Waals surface area contributed by atoms with Gasteiger partial charge in [0, 0.05) is 43.3 Å². The molecule has 1 aliphatic carbocycles. The third kappa shape index (κ3) is 4.93. The van der Waals surface area contributed by atoms with E-state index in [-0.39, 0.29) is 33.6 Å². The number of anilines is 1. The van der Waals surface area contributed by atoms with Gasteiger partial charge in [-0.05, 0) is 32.8 Å². The molecule has 1 aliphatic heterocycles. The number of rotatable bonds is 7. The van der Waals surface area contributed by atoms with Crippen LogP contribution in [0.3, 0.4) is 0 Å². The minimum atomic E-state index is -3.89. The van der Waals surface area contributed by atoms with Crippen molar-refractivity contribution in [2.45, 2.75) is 63.4 Å². The Morgan fingerprint density at radius 1 is 1.24 bits per heavy atom. The first-order valence-electron chi connectivity index (χ1n) is 12.1. The molecule has 2 fully saturated rings. The molecule has 0 spiro atoms. The third-order valence-corrected chi connectivity index (χ3v) is 9.38. The predicted octanol–water partition coefficient (Wildman–Crippen LogP) is 3.31. The second-order valence-corrected chi connectivity index (χ2v) is 13.0. The van der Waals surface area contributed by atoms with E-state index in [2.05, 4.69) is 24.8 Å². The highest BCUT2D eigenvalue weighted by atomic mass is 32.2. The van der Waals surface area contributed by atoms with Crippen LogP contribution >= 0.6 is 11.3 Å². The number of amides is 1. The van der Waals surface area contributed by atoms with E-state index in [1.807, 2.05) is 32.6 Å². The van der Waals surface area contributed by atoms with Gasteiger partial charge in [-0.3, -0.25) is 9.20 Å². The van der Waals surface area contributed by atoms with Crippen LogP contribution in [-0.2, 0) is 14.8 Å². The number of hydrogen-bond acceptors (Lipinski definition) is 8. The quantitative estimate of drug-likeness (QED) is 0.478. The number of carbonyl (C=O) groups excluding carboxylic acids is 1. The van der Waals surface area contributed by atoms with Crippen molar-refractivity contribution in [2.24, 2.45) is 5.92 Å². The Morgan fingerprint density at radius 3 is 2.57 bits per heavy atom. The van der Waals surface area contributed by atoms with Crippen LogP contribution < -0.4 is 9.62 Å². The van der Waals surface area contributed by atoms with Crippen LogP contribution in [0.25, 0.3) is 16.3 Å². The van der Waals surface area contributed by atoms with Crippen LogP contribution in [0.2, 0.25) is 0 Å². The topological polar surface area (TPSA) is 113 Å². The van der Waals surface area contributed by atoms with Crippen molar-refractivity contribution < 1.29 is 22.0 Å². The molecule has 1 N–H and O–H groups in total. The largest absolute Gasteiger partial charge is 0.363 e. The maximum absolute atomic E-state index is 13.4. The standard InChI is InChI=1S/C23H29F2N7O3S2/c1-13(2)22(33)30-7-8-31(14(3)11-30)16-9-15(37(34,35)29-23(4)5-6-23)12-32-17(16)10-26-19(32)21-28-27-20(36-21)18(24)25/h9-10,12-14,18,29H,5-8,11H2,1-4H3. The number of sulfonamides is 1. The summed E-state index contributed by atoms with van der Waals surface area (Å²) in [6, 6.07) is 1.52. The van der Waals surface area contributed by atoms with Crippen molar-refractivity contribution in [3.63, 3.8) is 0 Å². The second-order valence-electron chi connectivity index (χ2n) is 10.3. The zero-order valence-electron chi connectivity index (χ0n) is 21.0. The van der Waals surface area contributed by atoms with Gasteiger partial charge in [-0.1, -0.05) is 25.2 Å². The molecule has 10 nitrogen and oxygen atoms in total. The maximum atomic E-state index is 13.4. The summed E-state index contributed by atoms with van der Waals surface area (Å²) in [6.07, 6.45) is 1.77. The Morgan fingerprint density at radius 2 is 1.97 bits per heavy atom. The van der Waals surface area contributed by atoms with Crippen LogP contribution in [0.5, 0.6) is 0 Å². The van der Waals surface area contributed by atoms with Gasteiger partial charge < -0.3 is 9.80 Å². The van der Waals surface area contributed by atoms with Crippen molar-refractivity contribution in [3.8, 4) is 10.8 Å². The summed E-state index contributed by atoms with van der Waals surface area (Å²) in [5, 5.41) is 7.17. The van der Waals surface area contributed by atoms with Gasteiger partial charge in [-0.25, -0.2) is 26.9 Å². The number of piperazine rings is 1. The summed E-state index contributed by atoms with van der Waals surface area (Å²) in [6.45, 7) is 9.06. The predicted molar refractivity (Wildman–Crippen MR) is 135 cm³/mol. The first-order valence-corrected chi connectivity index (χ1v) is 14.4. The second kappa shape index (κ2) is 9.24. The molecule has 1 amide bonds. The van der Waals surface area contributed by atoms with E-state index in [9.17, 15) is 22.0 Å². The summed E-state index contributed by atoms with van der Waals surface area (Å²) in [5.74, 6) is 0.195. The molecule has 14 heteroatoms. The zero-order valence-corrected chi connectivity index (χ0v) is 22.6. The summed E-state index contributed by atoms with van der Waals surface area (Å²) in [7, 11) is -3.89. The Kier molecular flexibility index (Phi) is 6.47. The molecule has 3 aromatic rings. The first-order chi connectivity index (χ1) is 17.4. The van der Waals surface area contributed by atoms with Crippen LogP contribution in [0.15, 0.2) is 23.4 Å². The van der Waals surface area contributed by atoms with E-state index in [0.29, 0.717) is 42.2 Å². The molecule has 37 heavy (non-hydrogen) atoms. The average Bonchev–Trinajstić information content (AvgIpc) is 3.22. The lowest BCUT2D eigenvalue weighted by Gasteiger charge is -2.42. The molecule has 3 aromatic heterocycles. The number of halogens is 2. The molecule has 5 rings (SSSR count). The molecule has 0 aromatic carbocycles. The zero-order chi connectivity index (χ0) is 26.7. The summed E-state index contributed by atoms with van der Waals surface area (Å²) in [5.41, 5.74) is 0.758. The van der Waals surface area contributed by atoms with E-state index in [1.165, 1.54) is 6.20 Å². The molecule has 1 saturated carbocycles. The van der Waals surface area contributed by atoms with Crippen LogP contribution in [0, 0.1) is 5.92 Å². The molecular formula is C23H29F2N7O3S2. The molecule has 1 saturated heterocycles. The van der Waals surface area contributed by atoms with Crippen LogP contribution in [-0.4, -0.2) is 70.0 Å². The van der Waals surface area contributed by atoms with Crippen molar-refractivity contribution in [1.82, 2.24) is 29.2 Å². The molecule has 200 valence electrons. The average molecular weight is 554 g/mol. The summed E-state index contributed by atoms with van der Waals surface area (Å²) < 4.78 is 57.5. The number of aromatic nitrogens is 4. The lowest BCUT2D eigenvalue weighted by molar-refractivity contribution is -0.135. The van der Waals surface area contributed by atoms with Gasteiger partial charge >= 0.3 is 0 Å². The van der Waals surface area contributed by atoms with Gasteiger partial charge in [0.05, 0.1) is 17.4 Å². The van der Waals surface area contributed by atoms with Crippen molar-refractivity contribution in [1.29, 1.82) is 0 Å². The van der Waals surface area contributed by atoms with Crippen LogP contribution in [0.4, 0.5) is 14.5 Å². The highest BCUT2D eigenvalue weighted by Gasteiger charge is 2.42. The van der Waals surface area contributed by atoms with E-state index < -0.39 is 27.0 Å². The normalized spacial score (nSPS) is 19.8. The Bertz CT molecular complexity index is 1450. The van der Waals surface area contributed by atoms with Gasteiger partial charge in [0.1, 0.15) is 4.90 Å². The Hall–Kier alpha value is -2.71. The van der Waals surface area contributed by atoms with Gasteiger partial charge in [0.15, 0.2) is 15.8 Å². The smallest absolute Gasteiger partial charge is 0.291 e. The fraction of sp³-hybridized carbons (Fsp3) is 0.565. The SMILES string of the molecule is CC(C)C(=O)N1CCN(c2cc(S(=O)(=O)NC3(C)CC3)cn3c(-c4nnc(C(F)F)s4)ncc23)C(C)C1. The van der Waals surface area contributed by atoms with Crippen molar-refractivity contribution in [2.75, 3.05) is 24.5 Å². The number of fused-ring (bicyclic) bond motifs is 1. The Balaban J connectivity index is 1.60. The minimum absolute atomic E-state index is 0.0360. The molecule has 2 aliphatic rings. The van der Waals surface area contributed by atoms with Crippen molar-refractivity contribution >= 4 is 38.5 Å². The van der Waals surface area contributed by atoms with Gasteiger partial charge in [-0.15, -0.1) is 10.2 Å². The highest BCUT2D eigenvalue weighted by molar-refractivity contribution is 7.89. The number of nitrogens with zero attached hydrogens (tertiary/aromatic N) is 6. The summed E-state index contributed by atoms with van der Waals surface area (Å²) >= 11 is 0.717. The Labute approximate surface area is 217 Å². The fourth-order valence-corrected chi connectivity index (χ4v) is 6.73. The number of alkyl halides is 2. The molecule has 1 unspecified atom stereocenters. The number of imidazole rings is 1. The molecule has 0 radical (unpaired) electrons. The minimum Gasteiger partial charge on any atom is -0.363 e. The third-order valence-electron chi connectivity index (χ3n) is 6.85. The van der Waals surface area contributed by atoms with E-state index >= 15 is 0 Å². The maximum Gasteiger partial charge on any atom is 0.291 e. The lowest BCUT2D eigenvalue weighted by atomic mass is 10.1. The number of hydrogen-bond donors (Lipinski definition) is 1. The van der Waals surface area contributed by atoms with E-state index in [1.54, 1.807) is 16.7 Å². The lowest BCUT2D eigenvalue weighted by Crippen LogP contribution is -2.54. The fourth-order valence-electron chi connectivity index (χ4n) is 4.56. The van der Waals surface area contributed by atoms with Crippen LogP contribution in [0.1, 0.15) is 52.0 Å². The van der Waals surface area contributed by atoms with Gasteiger partial charge in [-0.2, -0.15) is 0 Å². The van der Waals surface area contributed by atoms with Gasteiger partial charge in [0.2, 0.25) is 15.9 Å². The molecular weight excluding hydrogens is 524 g/mol. The molecule has 1 atom stereocenters. The molecule has 4 heterocycles. The number of nitrogens with one attached hydrogen (secondary N) is 1. The number of carbonyl (C=O) groups is 1. The van der Waals surface area contributed by atoms with E-state index in [4.69, 9.17) is 0 Å². The van der Waals surface area contributed by atoms with E-state index in [0.717, 1.165) is 12.8 Å². The molecule has 0 bridgehead atoms. The first kappa shape index (κ1) is 25.9. The monoisotopic (exact) mass is 553 g/mol. The number of pyridine rings is 1.